The molecule has 5 rings (SSSR count). The topological polar surface area (TPSA) is 71.2 Å². The number of aromatic amines is 1. The molecule has 0 amide bonds. The standard InChI is InChI=1S/C26H34N6O/c1-15(2)20-11-24-23(29-26(33)32(24)19-8-7-9-30(12-19)16(3)4)10-21(20)22-13-31-25(27-14-28-31)18(6)17(22)5/h10-11,13-16,19H,7-9,12H2,1-6H3,(H,29,33). The van der Waals surface area contributed by atoms with Crippen LogP contribution in [0.5, 0.6) is 0 Å². The highest BCUT2D eigenvalue weighted by Gasteiger charge is 2.26. The fraction of sp³-hybridized carbons (Fsp3) is 0.500. The minimum atomic E-state index is -0.00732. The Labute approximate surface area is 194 Å². The van der Waals surface area contributed by atoms with Crippen molar-refractivity contribution >= 4 is 16.7 Å². The third kappa shape index (κ3) is 3.59. The number of piperidine rings is 1. The van der Waals surface area contributed by atoms with Gasteiger partial charge in [-0.15, -0.1) is 0 Å². The van der Waals surface area contributed by atoms with Crippen molar-refractivity contribution in [1.29, 1.82) is 0 Å². The first-order valence-electron chi connectivity index (χ1n) is 12.1. The van der Waals surface area contributed by atoms with Crippen LogP contribution in [0.15, 0.2) is 29.5 Å². The van der Waals surface area contributed by atoms with Gasteiger partial charge < -0.3 is 4.98 Å². The van der Waals surface area contributed by atoms with Crippen LogP contribution in [-0.4, -0.2) is 48.2 Å². The summed E-state index contributed by atoms with van der Waals surface area (Å²) in [6.45, 7) is 15.2. The lowest BCUT2D eigenvalue weighted by Gasteiger charge is -2.35. The zero-order valence-corrected chi connectivity index (χ0v) is 20.5. The molecule has 33 heavy (non-hydrogen) atoms. The molecule has 3 aromatic heterocycles. The minimum absolute atomic E-state index is 0.00732. The smallest absolute Gasteiger partial charge is 0.306 e. The van der Waals surface area contributed by atoms with Crippen molar-refractivity contribution in [3.8, 4) is 11.1 Å². The quantitative estimate of drug-likeness (QED) is 0.488. The molecule has 4 heterocycles. The summed E-state index contributed by atoms with van der Waals surface area (Å²) in [6.07, 6.45) is 5.82. The number of likely N-dealkylation sites (tertiary alicyclic amines) is 1. The third-order valence-corrected chi connectivity index (χ3v) is 7.45. The molecular formula is C26H34N6O. The predicted molar refractivity (Wildman–Crippen MR) is 133 cm³/mol. The summed E-state index contributed by atoms with van der Waals surface area (Å²) < 4.78 is 3.86. The van der Waals surface area contributed by atoms with Crippen molar-refractivity contribution < 1.29 is 0 Å². The maximum Gasteiger partial charge on any atom is 0.326 e. The lowest BCUT2D eigenvalue weighted by molar-refractivity contribution is 0.143. The van der Waals surface area contributed by atoms with E-state index in [0.717, 1.165) is 59.3 Å². The number of benzene rings is 1. The van der Waals surface area contributed by atoms with Gasteiger partial charge in [-0.2, -0.15) is 5.10 Å². The normalized spacial score (nSPS) is 17.8. The first-order valence-corrected chi connectivity index (χ1v) is 12.1. The maximum absolute atomic E-state index is 13.2. The van der Waals surface area contributed by atoms with E-state index in [2.05, 4.69) is 79.8 Å². The number of rotatable bonds is 4. The van der Waals surface area contributed by atoms with Gasteiger partial charge in [0.05, 0.1) is 17.1 Å². The van der Waals surface area contributed by atoms with Crippen LogP contribution in [0.1, 0.15) is 69.2 Å². The fourth-order valence-electron chi connectivity index (χ4n) is 5.40. The number of H-pyrrole nitrogens is 1. The molecule has 0 spiro atoms. The molecule has 4 aromatic rings. The molecule has 7 nitrogen and oxygen atoms in total. The summed E-state index contributed by atoms with van der Waals surface area (Å²) in [7, 11) is 0. The van der Waals surface area contributed by atoms with E-state index in [1.165, 1.54) is 11.1 Å². The monoisotopic (exact) mass is 446 g/mol. The zero-order valence-electron chi connectivity index (χ0n) is 20.5. The zero-order chi connectivity index (χ0) is 23.4. The molecule has 174 valence electrons. The Balaban J connectivity index is 1.70. The van der Waals surface area contributed by atoms with E-state index in [4.69, 9.17) is 0 Å². The molecule has 1 fully saturated rings. The molecule has 1 N–H and O–H groups in total. The van der Waals surface area contributed by atoms with Crippen molar-refractivity contribution in [1.82, 2.24) is 29.0 Å². The first kappa shape index (κ1) is 21.9. The molecule has 0 saturated carbocycles. The number of hydrogen-bond donors (Lipinski definition) is 1. The Morgan fingerprint density at radius 1 is 1.09 bits per heavy atom. The van der Waals surface area contributed by atoms with E-state index in [-0.39, 0.29) is 11.7 Å². The number of pyridine rings is 1. The number of nitrogens with zero attached hydrogens (tertiary/aromatic N) is 5. The SMILES string of the molecule is Cc1c(-c2cc3[nH]c(=O)n(C4CCCN(C(C)C)C4)c3cc2C(C)C)cn2ncnc2c1C. The highest BCUT2D eigenvalue weighted by Crippen LogP contribution is 2.36. The highest BCUT2D eigenvalue weighted by atomic mass is 16.1. The van der Waals surface area contributed by atoms with Gasteiger partial charge in [0.1, 0.15) is 6.33 Å². The van der Waals surface area contributed by atoms with Gasteiger partial charge in [0.2, 0.25) is 0 Å². The van der Waals surface area contributed by atoms with E-state index in [0.29, 0.717) is 12.0 Å². The van der Waals surface area contributed by atoms with Gasteiger partial charge in [-0.1, -0.05) is 13.8 Å². The van der Waals surface area contributed by atoms with Gasteiger partial charge in [0.15, 0.2) is 5.65 Å². The Morgan fingerprint density at radius 3 is 2.61 bits per heavy atom. The van der Waals surface area contributed by atoms with E-state index >= 15 is 0 Å². The number of imidazole rings is 1. The largest absolute Gasteiger partial charge is 0.326 e. The Hall–Kier alpha value is -2.93. The molecule has 7 heteroatoms. The van der Waals surface area contributed by atoms with Crippen LogP contribution < -0.4 is 5.69 Å². The number of aromatic nitrogens is 5. The van der Waals surface area contributed by atoms with Crippen LogP contribution >= 0.6 is 0 Å². The van der Waals surface area contributed by atoms with Crippen LogP contribution in [0, 0.1) is 13.8 Å². The van der Waals surface area contributed by atoms with Crippen LogP contribution in [-0.2, 0) is 0 Å². The molecule has 1 unspecified atom stereocenters. The van der Waals surface area contributed by atoms with Crippen LogP contribution in [0.2, 0.25) is 0 Å². The average Bonchev–Trinajstić information content (AvgIpc) is 3.38. The first-order chi connectivity index (χ1) is 15.8. The summed E-state index contributed by atoms with van der Waals surface area (Å²) in [4.78, 5) is 23.2. The van der Waals surface area contributed by atoms with E-state index in [1.54, 1.807) is 6.33 Å². The van der Waals surface area contributed by atoms with Gasteiger partial charge in [-0.25, -0.2) is 14.3 Å². The predicted octanol–water partition coefficient (Wildman–Crippen LogP) is 4.82. The van der Waals surface area contributed by atoms with Crippen LogP contribution in [0.3, 0.4) is 0 Å². The molecule has 0 radical (unpaired) electrons. The summed E-state index contributed by atoms with van der Waals surface area (Å²) in [5.74, 6) is 0.313. The second-order valence-electron chi connectivity index (χ2n) is 10.1. The number of nitrogens with one attached hydrogen (secondary N) is 1. The van der Waals surface area contributed by atoms with E-state index in [1.807, 2.05) is 9.08 Å². The summed E-state index contributed by atoms with van der Waals surface area (Å²) in [5.41, 5.74) is 8.64. The number of fused-ring (bicyclic) bond motifs is 2. The lowest BCUT2D eigenvalue weighted by atomic mass is 9.89. The van der Waals surface area contributed by atoms with Crippen molar-refractivity contribution in [2.24, 2.45) is 0 Å². The van der Waals surface area contributed by atoms with Crippen molar-refractivity contribution in [2.45, 2.75) is 72.4 Å². The third-order valence-electron chi connectivity index (χ3n) is 7.45. The van der Waals surface area contributed by atoms with Crippen LogP contribution in [0.4, 0.5) is 0 Å². The van der Waals surface area contributed by atoms with Gasteiger partial charge in [-0.3, -0.25) is 9.47 Å². The van der Waals surface area contributed by atoms with Crippen molar-refractivity contribution in [3.05, 3.63) is 51.8 Å². The van der Waals surface area contributed by atoms with Gasteiger partial charge in [-0.05, 0) is 87.4 Å². The second-order valence-corrected chi connectivity index (χ2v) is 10.1. The summed E-state index contributed by atoms with van der Waals surface area (Å²) in [6, 6.07) is 5.09. The molecule has 1 aromatic carbocycles. The number of aryl methyl sites for hydroxylation is 1. The maximum atomic E-state index is 13.2. The van der Waals surface area contributed by atoms with Crippen LogP contribution in [0.25, 0.3) is 27.8 Å². The summed E-state index contributed by atoms with van der Waals surface area (Å²) in [5, 5.41) is 4.38. The molecular weight excluding hydrogens is 412 g/mol. The minimum Gasteiger partial charge on any atom is -0.306 e. The second kappa shape index (κ2) is 8.13. The van der Waals surface area contributed by atoms with Gasteiger partial charge >= 0.3 is 5.69 Å². The molecule has 0 bridgehead atoms. The van der Waals surface area contributed by atoms with E-state index < -0.39 is 0 Å². The van der Waals surface area contributed by atoms with Gasteiger partial charge in [0.25, 0.3) is 0 Å². The molecule has 0 aliphatic carbocycles. The number of hydrogen-bond acceptors (Lipinski definition) is 4. The van der Waals surface area contributed by atoms with Crippen molar-refractivity contribution in [3.63, 3.8) is 0 Å². The molecule has 1 aliphatic heterocycles. The Morgan fingerprint density at radius 2 is 1.88 bits per heavy atom. The van der Waals surface area contributed by atoms with E-state index in [9.17, 15) is 4.79 Å². The lowest BCUT2D eigenvalue weighted by Crippen LogP contribution is -2.42. The Kier molecular flexibility index (Phi) is 5.40. The highest BCUT2D eigenvalue weighted by molar-refractivity contribution is 5.86. The summed E-state index contributed by atoms with van der Waals surface area (Å²) >= 11 is 0. The fourth-order valence-corrected chi connectivity index (χ4v) is 5.40. The Bertz CT molecular complexity index is 1390. The molecule has 1 atom stereocenters. The van der Waals surface area contributed by atoms with Crippen molar-refractivity contribution in [2.75, 3.05) is 13.1 Å². The molecule has 1 saturated heterocycles. The average molecular weight is 447 g/mol. The van der Waals surface area contributed by atoms with Gasteiger partial charge in [0, 0.05) is 24.3 Å². The molecule has 1 aliphatic rings.